The van der Waals surface area contributed by atoms with E-state index in [0.717, 1.165) is 0 Å². The van der Waals surface area contributed by atoms with E-state index in [1.165, 1.54) is 16.8 Å². The maximum Gasteiger partial charge on any atom is 0.269 e. The van der Waals surface area contributed by atoms with E-state index in [-0.39, 0.29) is 18.2 Å². The molecule has 27 heavy (non-hydrogen) atoms. The van der Waals surface area contributed by atoms with Crippen LogP contribution in [0.5, 0.6) is 5.75 Å². The van der Waals surface area contributed by atoms with Crippen LogP contribution in [0.15, 0.2) is 54.6 Å². The quantitative estimate of drug-likeness (QED) is 0.513. The first kappa shape index (κ1) is 18.4. The Bertz CT molecular complexity index is 985. The average molecular weight is 387 g/mol. The predicted molar refractivity (Wildman–Crippen MR) is 101 cm³/mol. The van der Waals surface area contributed by atoms with E-state index < -0.39 is 4.92 Å². The van der Waals surface area contributed by atoms with Gasteiger partial charge in [-0.2, -0.15) is 5.10 Å². The normalized spacial score (nSPS) is 10.4. The number of carbonyl (C=O) groups excluding carboxylic acids is 1. The molecule has 0 saturated carbocycles. The van der Waals surface area contributed by atoms with E-state index >= 15 is 0 Å². The van der Waals surface area contributed by atoms with E-state index in [1.807, 2.05) is 0 Å². The largest absolute Gasteiger partial charge is 0.484 e. The number of benzene rings is 2. The fraction of sp³-hybridized carbons (Fsp3) is 0.111. The molecule has 0 aliphatic rings. The molecule has 1 N–H and O–H groups in total. The molecule has 0 fully saturated rings. The van der Waals surface area contributed by atoms with Crippen LogP contribution in [-0.4, -0.2) is 27.2 Å². The second kappa shape index (κ2) is 7.88. The van der Waals surface area contributed by atoms with Gasteiger partial charge in [0.2, 0.25) is 0 Å². The molecule has 0 radical (unpaired) electrons. The van der Waals surface area contributed by atoms with Crippen LogP contribution in [0.1, 0.15) is 5.69 Å². The van der Waals surface area contributed by atoms with Crippen LogP contribution in [-0.2, 0) is 4.79 Å². The molecule has 0 bridgehead atoms. The number of hydrogen-bond acceptors (Lipinski definition) is 5. The number of nitrogens with zero attached hydrogens (tertiary/aromatic N) is 3. The van der Waals surface area contributed by atoms with E-state index in [4.69, 9.17) is 16.3 Å². The second-order valence-corrected chi connectivity index (χ2v) is 6.09. The number of amides is 1. The van der Waals surface area contributed by atoms with Crippen molar-refractivity contribution in [2.75, 3.05) is 11.9 Å². The number of nitro benzene ring substituents is 1. The fourth-order valence-corrected chi connectivity index (χ4v) is 2.57. The lowest BCUT2D eigenvalue weighted by atomic mass is 10.3. The summed E-state index contributed by atoms with van der Waals surface area (Å²) >= 11 is 5.88. The van der Waals surface area contributed by atoms with E-state index in [1.54, 1.807) is 49.4 Å². The Morgan fingerprint density at radius 2 is 2.00 bits per heavy atom. The summed E-state index contributed by atoms with van der Waals surface area (Å²) in [5.41, 5.74) is 1.24. The standard InChI is InChI=1S/C18H15ClN4O4/c1-12-9-17(20-18(24)11-27-16-4-2-3-13(19)10-16)22(21-12)14-5-7-15(8-6-14)23(25)26/h2-10H,11H2,1H3,(H,20,24). The Kier molecular flexibility index (Phi) is 5.37. The zero-order chi connectivity index (χ0) is 19.4. The van der Waals surface area contributed by atoms with Crippen LogP contribution < -0.4 is 10.1 Å². The Labute approximate surface area is 159 Å². The molecular weight excluding hydrogens is 372 g/mol. The van der Waals surface area contributed by atoms with E-state index in [2.05, 4.69) is 10.4 Å². The van der Waals surface area contributed by atoms with Crippen LogP contribution in [0.4, 0.5) is 11.5 Å². The molecule has 9 heteroatoms. The summed E-state index contributed by atoms with van der Waals surface area (Å²) in [6.07, 6.45) is 0. The van der Waals surface area contributed by atoms with Gasteiger partial charge in [0, 0.05) is 23.2 Å². The van der Waals surface area contributed by atoms with E-state index in [0.29, 0.717) is 28.0 Å². The predicted octanol–water partition coefficient (Wildman–Crippen LogP) is 3.76. The zero-order valence-corrected chi connectivity index (χ0v) is 15.0. The number of nitrogens with one attached hydrogen (secondary N) is 1. The van der Waals surface area contributed by atoms with Crippen molar-refractivity contribution in [1.29, 1.82) is 0 Å². The molecule has 0 unspecified atom stereocenters. The number of carbonyl (C=O) groups is 1. The number of hydrogen-bond donors (Lipinski definition) is 1. The van der Waals surface area contributed by atoms with Gasteiger partial charge in [0.15, 0.2) is 6.61 Å². The van der Waals surface area contributed by atoms with Crippen LogP contribution in [0.2, 0.25) is 5.02 Å². The molecule has 1 aromatic heterocycles. The van der Waals surface area contributed by atoms with Crippen molar-refractivity contribution < 1.29 is 14.5 Å². The first-order valence-electron chi connectivity index (χ1n) is 7.92. The summed E-state index contributed by atoms with van der Waals surface area (Å²) in [7, 11) is 0. The van der Waals surface area contributed by atoms with Gasteiger partial charge < -0.3 is 10.1 Å². The van der Waals surface area contributed by atoms with Crippen LogP contribution in [0, 0.1) is 17.0 Å². The van der Waals surface area contributed by atoms with Crippen molar-refractivity contribution >= 4 is 29.0 Å². The number of nitro groups is 1. The molecule has 2 aromatic carbocycles. The van der Waals surface area contributed by atoms with Crippen LogP contribution >= 0.6 is 11.6 Å². The molecule has 3 rings (SSSR count). The van der Waals surface area contributed by atoms with Gasteiger partial charge in [-0.05, 0) is 37.3 Å². The highest BCUT2D eigenvalue weighted by Crippen LogP contribution is 2.20. The Hall–Kier alpha value is -3.39. The number of non-ortho nitro benzene ring substituents is 1. The number of halogens is 1. The third-order valence-corrected chi connectivity index (χ3v) is 3.81. The van der Waals surface area contributed by atoms with Crippen molar-refractivity contribution in [1.82, 2.24) is 9.78 Å². The molecule has 3 aromatic rings. The molecule has 0 aliphatic heterocycles. The van der Waals surface area contributed by atoms with Gasteiger partial charge in [0.05, 0.1) is 16.3 Å². The summed E-state index contributed by atoms with van der Waals surface area (Å²) in [5.74, 6) is 0.539. The van der Waals surface area contributed by atoms with Crippen molar-refractivity contribution in [2.45, 2.75) is 6.92 Å². The van der Waals surface area contributed by atoms with Gasteiger partial charge >= 0.3 is 0 Å². The third kappa shape index (κ3) is 4.62. The molecule has 1 heterocycles. The lowest BCUT2D eigenvalue weighted by Crippen LogP contribution is -2.21. The summed E-state index contributed by atoms with van der Waals surface area (Å²) in [4.78, 5) is 22.5. The maximum atomic E-state index is 12.2. The molecule has 1 amide bonds. The van der Waals surface area contributed by atoms with Gasteiger partial charge in [-0.3, -0.25) is 14.9 Å². The highest BCUT2D eigenvalue weighted by Gasteiger charge is 2.13. The van der Waals surface area contributed by atoms with Crippen molar-refractivity contribution in [2.24, 2.45) is 0 Å². The minimum absolute atomic E-state index is 0.0249. The summed E-state index contributed by atoms with van der Waals surface area (Å²) in [5, 5.41) is 18.3. The van der Waals surface area contributed by atoms with Gasteiger partial charge in [-0.15, -0.1) is 0 Å². The molecule has 8 nitrogen and oxygen atoms in total. The first-order valence-corrected chi connectivity index (χ1v) is 8.30. The molecule has 0 saturated heterocycles. The Balaban J connectivity index is 1.71. The second-order valence-electron chi connectivity index (χ2n) is 5.65. The summed E-state index contributed by atoms with van der Waals surface area (Å²) in [6, 6.07) is 14.3. The lowest BCUT2D eigenvalue weighted by molar-refractivity contribution is -0.384. The van der Waals surface area contributed by atoms with Crippen LogP contribution in [0.25, 0.3) is 5.69 Å². The summed E-state index contributed by atoms with van der Waals surface area (Å²) < 4.78 is 6.91. The fourth-order valence-electron chi connectivity index (χ4n) is 2.39. The number of rotatable bonds is 6. The number of anilines is 1. The maximum absolute atomic E-state index is 12.2. The summed E-state index contributed by atoms with van der Waals surface area (Å²) in [6.45, 7) is 1.57. The smallest absolute Gasteiger partial charge is 0.269 e. The highest BCUT2D eigenvalue weighted by atomic mass is 35.5. The molecular formula is C18H15ClN4O4. The molecule has 0 atom stereocenters. The number of ether oxygens (including phenoxy) is 1. The lowest BCUT2D eigenvalue weighted by Gasteiger charge is -2.10. The Morgan fingerprint density at radius 1 is 1.26 bits per heavy atom. The highest BCUT2D eigenvalue weighted by molar-refractivity contribution is 6.30. The first-order chi connectivity index (χ1) is 12.9. The van der Waals surface area contributed by atoms with Crippen molar-refractivity contribution in [3.05, 3.63) is 75.4 Å². The van der Waals surface area contributed by atoms with Gasteiger partial charge in [0.1, 0.15) is 11.6 Å². The molecule has 138 valence electrons. The minimum atomic E-state index is -0.478. The number of aromatic nitrogens is 2. The third-order valence-electron chi connectivity index (χ3n) is 3.57. The Morgan fingerprint density at radius 3 is 2.67 bits per heavy atom. The van der Waals surface area contributed by atoms with E-state index in [9.17, 15) is 14.9 Å². The van der Waals surface area contributed by atoms with Crippen LogP contribution in [0.3, 0.4) is 0 Å². The minimum Gasteiger partial charge on any atom is -0.484 e. The average Bonchev–Trinajstić information content (AvgIpc) is 3.00. The number of aryl methyl sites for hydroxylation is 1. The topological polar surface area (TPSA) is 99.3 Å². The monoisotopic (exact) mass is 386 g/mol. The molecule has 0 spiro atoms. The van der Waals surface area contributed by atoms with Gasteiger partial charge in [-0.25, -0.2) is 4.68 Å². The SMILES string of the molecule is Cc1cc(NC(=O)COc2cccc(Cl)c2)n(-c2ccc([N+](=O)[O-])cc2)n1. The van der Waals surface area contributed by atoms with Gasteiger partial charge in [0.25, 0.3) is 11.6 Å². The molecule has 0 aliphatic carbocycles. The van der Waals surface area contributed by atoms with Gasteiger partial charge in [-0.1, -0.05) is 17.7 Å². The zero-order valence-electron chi connectivity index (χ0n) is 14.3. The van der Waals surface area contributed by atoms with Crippen molar-refractivity contribution in [3.63, 3.8) is 0 Å². The van der Waals surface area contributed by atoms with Crippen molar-refractivity contribution in [3.8, 4) is 11.4 Å².